The number of nitrogens with zero attached hydrogens (tertiary/aromatic N) is 2. The summed E-state index contributed by atoms with van der Waals surface area (Å²) in [6.07, 6.45) is 0. The Morgan fingerprint density at radius 2 is 1.64 bits per heavy atom. The number of rotatable bonds is 4. The van der Waals surface area contributed by atoms with E-state index in [1.807, 2.05) is 36.4 Å². The van der Waals surface area contributed by atoms with Crippen LogP contribution in [0.4, 0.5) is 5.69 Å². The van der Waals surface area contributed by atoms with E-state index in [0.29, 0.717) is 24.4 Å². The van der Waals surface area contributed by atoms with Crippen LogP contribution in [0, 0.1) is 0 Å². The van der Waals surface area contributed by atoms with Crippen LogP contribution in [0.5, 0.6) is 0 Å². The predicted molar refractivity (Wildman–Crippen MR) is 108 cm³/mol. The Morgan fingerprint density at radius 3 is 2.36 bits per heavy atom. The molecular weight excluding hydrogens is 354 g/mol. The van der Waals surface area contributed by atoms with Gasteiger partial charge in [0.25, 0.3) is 5.91 Å². The van der Waals surface area contributed by atoms with Crippen molar-refractivity contribution in [1.29, 1.82) is 0 Å². The molecule has 6 nitrogen and oxygen atoms in total. The van der Waals surface area contributed by atoms with Gasteiger partial charge in [0.1, 0.15) is 11.3 Å². The number of carbonyl (C=O) groups excluding carboxylic acids is 2. The van der Waals surface area contributed by atoms with Crippen molar-refractivity contribution < 1.29 is 14.0 Å². The third-order valence-corrected chi connectivity index (χ3v) is 5.00. The van der Waals surface area contributed by atoms with Gasteiger partial charge in [0.15, 0.2) is 0 Å². The SMILES string of the molecule is CC(=O)Nc1c(C(=O)N2CCN(Cc3ccccc3)CC2)oc2ccccc12. The summed E-state index contributed by atoms with van der Waals surface area (Å²) in [7, 11) is 0. The van der Waals surface area contributed by atoms with Gasteiger partial charge in [-0.2, -0.15) is 0 Å². The number of hydrogen-bond donors (Lipinski definition) is 1. The molecule has 1 fully saturated rings. The molecule has 0 bridgehead atoms. The van der Waals surface area contributed by atoms with Gasteiger partial charge >= 0.3 is 0 Å². The van der Waals surface area contributed by atoms with E-state index in [0.717, 1.165) is 25.0 Å². The lowest BCUT2D eigenvalue weighted by atomic mass is 10.2. The number of piperazine rings is 1. The molecule has 0 unspecified atom stereocenters. The molecule has 1 aromatic heterocycles. The maximum Gasteiger partial charge on any atom is 0.291 e. The van der Waals surface area contributed by atoms with Gasteiger partial charge in [-0.15, -0.1) is 0 Å². The Bertz CT molecular complexity index is 989. The fourth-order valence-electron chi connectivity index (χ4n) is 3.59. The molecule has 3 aromatic rings. The maximum absolute atomic E-state index is 13.1. The number of benzene rings is 2. The van der Waals surface area contributed by atoms with Crippen molar-refractivity contribution in [3.8, 4) is 0 Å². The minimum Gasteiger partial charge on any atom is -0.449 e. The first-order valence-corrected chi connectivity index (χ1v) is 9.46. The van der Waals surface area contributed by atoms with Gasteiger partial charge in [0.2, 0.25) is 11.7 Å². The highest BCUT2D eigenvalue weighted by Gasteiger charge is 2.28. The fourth-order valence-corrected chi connectivity index (χ4v) is 3.59. The highest BCUT2D eigenvalue weighted by atomic mass is 16.3. The molecule has 2 aromatic carbocycles. The molecule has 1 aliphatic heterocycles. The van der Waals surface area contributed by atoms with Crippen molar-refractivity contribution in [2.24, 2.45) is 0 Å². The zero-order valence-electron chi connectivity index (χ0n) is 15.9. The molecule has 6 heteroatoms. The number of amides is 2. The van der Waals surface area contributed by atoms with Crippen molar-refractivity contribution in [1.82, 2.24) is 9.80 Å². The molecule has 0 radical (unpaired) electrons. The quantitative estimate of drug-likeness (QED) is 0.757. The summed E-state index contributed by atoms with van der Waals surface area (Å²) < 4.78 is 5.82. The minimum atomic E-state index is -0.228. The number of carbonyl (C=O) groups is 2. The first-order chi connectivity index (χ1) is 13.6. The second-order valence-corrected chi connectivity index (χ2v) is 7.04. The van der Waals surface area contributed by atoms with E-state index >= 15 is 0 Å². The highest BCUT2D eigenvalue weighted by molar-refractivity contribution is 6.10. The zero-order valence-corrected chi connectivity index (χ0v) is 15.9. The average molecular weight is 377 g/mol. The lowest BCUT2D eigenvalue weighted by Gasteiger charge is -2.34. The first-order valence-electron chi connectivity index (χ1n) is 9.46. The molecule has 2 heterocycles. The third kappa shape index (κ3) is 3.77. The van der Waals surface area contributed by atoms with E-state index < -0.39 is 0 Å². The van der Waals surface area contributed by atoms with Gasteiger partial charge < -0.3 is 14.6 Å². The van der Waals surface area contributed by atoms with Crippen LogP contribution in [0.15, 0.2) is 59.0 Å². The van der Waals surface area contributed by atoms with E-state index in [2.05, 4.69) is 22.3 Å². The third-order valence-electron chi connectivity index (χ3n) is 5.00. The van der Waals surface area contributed by atoms with Crippen molar-refractivity contribution in [2.45, 2.75) is 13.5 Å². The Morgan fingerprint density at radius 1 is 0.964 bits per heavy atom. The topological polar surface area (TPSA) is 65.8 Å². The number of para-hydroxylation sites is 1. The summed E-state index contributed by atoms with van der Waals surface area (Å²) in [6, 6.07) is 17.7. The number of furan rings is 1. The van der Waals surface area contributed by atoms with Gasteiger partial charge in [-0.3, -0.25) is 14.5 Å². The molecule has 0 spiro atoms. The number of fused-ring (bicyclic) bond motifs is 1. The van der Waals surface area contributed by atoms with E-state index in [4.69, 9.17) is 4.42 Å². The molecule has 144 valence electrons. The zero-order chi connectivity index (χ0) is 19.5. The lowest BCUT2D eigenvalue weighted by Crippen LogP contribution is -2.48. The molecule has 0 saturated carbocycles. The summed E-state index contributed by atoms with van der Waals surface area (Å²) in [4.78, 5) is 28.9. The normalized spacial score (nSPS) is 15.0. The van der Waals surface area contributed by atoms with Crippen LogP contribution in [-0.2, 0) is 11.3 Å². The maximum atomic E-state index is 13.1. The van der Waals surface area contributed by atoms with Crippen LogP contribution < -0.4 is 5.32 Å². The van der Waals surface area contributed by atoms with Gasteiger partial charge in [-0.1, -0.05) is 42.5 Å². The second-order valence-electron chi connectivity index (χ2n) is 7.04. The van der Waals surface area contributed by atoms with Crippen LogP contribution in [0.25, 0.3) is 11.0 Å². The van der Waals surface area contributed by atoms with Crippen molar-refractivity contribution in [2.75, 3.05) is 31.5 Å². The number of nitrogens with one attached hydrogen (secondary N) is 1. The van der Waals surface area contributed by atoms with Gasteiger partial charge in [-0.25, -0.2) is 0 Å². The molecular formula is C22H23N3O3. The van der Waals surface area contributed by atoms with Gasteiger partial charge in [0, 0.05) is 45.0 Å². The minimum absolute atomic E-state index is 0.181. The summed E-state index contributed by atoms with van der Waals surface area (Å²) >= 11 is 0. The van der Waals surface area contributed by atoms with Crippen LogP contribution in [0.3, 0.4) is 0 Å². The van der Waals surface area contributed by atoms with Crippen LogP contribution in [0.2, 0.25) is 0 Å². The average Bonchev–Trinajstić information content (AvgIpc) is 3.07. The molecule has 1 saturated heterocycles. The van der Waals surface area contributed by atoms with Crippen LogP contribution >= 0.6 is 0 Å². The summed E-state index contributed by atoms with van der Waals surface area (Å²) in [6.45, 7) is 5.17. The molecule has 0 atom stereocenters. The standard InChI is InChI=1S/C22H23N3O3/c1-16(26)23-20-18-9-5-6-10-19(18)28-21(20)22(27)25-13-11-24(12-14-25)15-17-7-3-2-4-8-17/h2-10H,11-15H2,1H3,(H,23,26). The van der Waals surface area contributed by atoms with E-state index in [9.17, 15) is 9.59 Å². The predicted octanol–water partition coefficient (Wildman–Crippen LogP) is 3.35. The monoisotopic (exact) mass is 377 g/mol. The smallest absolute Gasteiger partial charge is 0.291 e. The number of anilines is 1. The van der Waals surface area contributed by atoms with E-state index in [-0.39, 0.29) is 17.6 Å². The highest BCUT2D eigenvalue weighted by Crippen LogP contribution is 2.32. The largest absolute Gasteiger partial charge is 0.449 e. The molecule has 4 rings (SSSR count). The lowest BCUT2D eigenvalue weighted by molar-refractivity contribution is -0.114. The van der Waals surface area contributed by atoms with E-state index in [1.54, 1.807) is 11.0 Å². The van der Waals surface area contributed by atoms with Gasteiger partial charge in [0.05, 0.1) is 0 Å². The summed E-state index contributed by atoms with van der Waals surface area (Å²) in [5, 5.41) is 3.51. The first kappa shape index (κ1) is 18.3. The second kappa shape index (κ2) is 7.86. The van der Waals surface area contributed by atoms with Gasteiger partial charge in [-0.05, 0) is 17.7 Å². The molecule has 1 N–H and O–H groups in total. The Hall–Kier alpha value is -3.12. The summed E-state index contributed by atoms with van der Waals surface area (Å²) in [5.41, 5.74) is 2.32. The van der Waals surface area contributed by atoms with E-state index in [1.165, 1.54) is 12.5 Å². The summed E-state index contributed by atoms with van der Waals surface area (Å²) in [5.74, 6) is -0.208. The Kier molecular flexibility index (Phi) is 5.12. The number of hydrogen-bond acceptors (Lipinski definition) is 4. The fraction of sp³-hybridized carbons (Fsp3) is 0.273. The van der Waals surface area contributed by atoms with Crippen LogP contribution in [0.1, 0.15) is 23.0 Å². The molecule has 2 amide bonds. The van der Waals surface area contributed by atoms with Crippen LogP contribution in [-0.4, -0.2) is 47.8 Å². The Labute approximate surface area is 163 Å². The molecule has 28 heavy (non-hydrogen) atoms. The Balaban J connectivity index is 1.49. The molecule has 0 aliphatic carbocycles. The van der Waals surface area contributed by atoms with Crippen molar-refractivity contribution in [3.63, 3.8) is 0 Å². The van der Waals surface area contributed by atoms with Crippen molar-refractivity contribution in [3.05, 3.63) is 65.9 Å². The van der Waals surface area contributed by atoms with Crippen molar-refractivity contribution >= 4 is 28.5 Å². The molecule has 1 aliphatic rings.